The third kappa shape index (κ3) is 3.53. The number of hydrogen-bond donors (Lipinski definition) is 0. The molecule has 0 N–H and O–H groups in total. The summed E-state index contributed by atoms with van der Waals surface area (Å²) < 4.78 is 41.6. The summed E-state index contributed by atoms with van der Waals surface area (Å²) >= 11 is 0. The summed E-state index contributed by atoms with van der Waals surface area (Å²) in [6.45, 7) is 0.819. The lowest BCUT2D eigenvalue weighted by Gasteiger charge is -2.48. The molecule has 2 bridgehead atoms. The topological polar surface area (TPSA) is 20.3 Å². The van der Waals surface area contributed by atoms with Crippen LogP contribution in [0.15, 0.2) is 42.5 Å². The van der Waals surface area contributed by atoms with E-state index in [-0.39, 0.29) is 12.1 Å². The minimum atomic E-state index is -1.36. The Bertz CT molecular complexity index is 825. The van der Waals surface area contributed by atoms with Crippen LogP contribution in [0.5, 0.6) is 0 Å². The van der Waals surface area contributed by atoms with Crippen molar-refractivity contribution >= 4 is 5.78 Å². The second kappa shape index (κ2) is 7.47. The molecule has 2 aromatic rings. The van der Waals surface area contributed by atoms with Crippen LogP contribution in [0.3, 0.4) is 0 Å². The molecule has 2 unspecified atom stereocenters. The van der Waals surface area contributed by atoms with Crippen LogP contribution < -0.4 is 0 Å². The van der Waals surface area contributed by atoms with Gasteiger partial charge in [-0.15, -0.1) is 0 Å². The molecule has 0 saturated carbocycles. The number of carbonyl (C=O) groups is 1. The van der Waals surface area contributed by atoms with Crippen molar-refractivity contribution in [1.29, 1.82) is 0 Å². The third-order valence-electron chi connectivity index (χ3n) is 6.00. The molecule has 0 radical (unpaired) electrons. The van der Waals surface area contributed by atoms with Crippen molar-refractivity contribution in [3.8, 4) is 0 Å². The molecular weight excluding hydrogens is 351 g/mol. The Labute approximate surface area is 157 Å². The van der Waals surface area contributed by atoms with Crippen LogP contribution in [0.2, 0.25) is 0 Å². The highest BCUT2D eigenvalue weighted by Crippen LogP contribution is 2.39. The van der Waals surface area contributed by atoms with Gasteiger partial charge in [0.05, 0.1) is 5.56 Å². The van der Waals surface area contributed by atoms with Crippen molar-refractivity contribution in [3.05, 3.63) is 71.0 Å². The molecule has 2 atom stereocenters. The van der Waals surface area contributed by atoms with Crippen LogP contribution >= 0.6 is 0 Å². The molecule has 5 heteroatoms. The molecule has 0 amide bonds. The van der Waals surface area contributed by atoms with E-state index in [9.17, 15) is 18.0 Å². The van der Waals surface area contributed by atoms with Crippen molar-refractivity contribution in [2.75, 3.05) is 0 Å². The molecule has 4 rings (SSSR count). The summed E-state index contributed by atoms with van der Waals surface area (Å²) in [5.74, 6) is -4.58. The summed E-state index contributed by atoms with van der Waals surface area (Å²) in [7, 11) is 0. The van der Waals surface area contributed by atoms with Gasteiger partial charge in [-0.25, -0.2) is 13.2 Å². The second-order valence-electron chi connectivity index (χ2n) is 7.65. The normalized spacial score (nSPS) is 25.4. The molecule has 0 aliphatic carbocycles. The minimum Gasteiger partial charge on any atom is -0.294 e. The molecule has 142 valence electrons. The highest BCUT2D eigenvalue weighted by molar-refractivity contribution is 5.98. The molecule has 2 aliphatic rings. The fraction of sp³-hybridized carbons (Fsp3) is 0.409. The molecule has 2 aliphatic heterocycles. The van der Waals surface area contributed by atoms with Gasteiger partial charge in [0, 0.05) is 24.5 Å². The highest BCUT2D eigenvalue weighted by Gasteiger charge is 2.41. The number of Topliss-reactive ketones (excluding diaryl/α,β-unsaturated/α-hetero) is 1. The maximum Gasteiger partial charge on any atom is 0.172 e. The van der Waals surface area contributed by atoms with E-state index < -0.39 is 34.7 Å². The lowest BCUT2D eigenvalue weighted by Crippen LogP contribution is -2.52. The lowest BCUT2D eigenvalue weighted by molar-refractivity contribution is 0.00880. The van der Waals surface area contributed by atoms with Gasteiger partial charge in [0.2, 0.25) is 0 Å². The molecule has 2 fully saturated rings. The zero-order valence-electron chi connectivity index (χ0n) is 15.0. The van der Waals surface area contributed by atoms with Crippen LogP contribution in [0.4, 0.5) is 13.2 Å². The van der Waals surface area contributed by atoms with Gasteiger partial charge in [0.25, 0.3) is 0 Å². The number of benzene rings is 2. The Balaban J connectivity index is 1.55. The van der Waals surface area contributed by atoms with E-state index in [4.69, 9.17) is 0 Å². The van der Waals surface area contributed by atoms with Crippen molar-refractivity contribution in [1.82, 2.24) is 4.90 Å². The number of carbonyl (C=O) groups excluding carboxylic acids is 1. The number of hydrogen-bond acceptors (Lipinski definition) is 2. The molecular formula is C22H22F3NO. The average molecular weight is 373 g/mol. The van der Waals surface area contributed by atoms with Crippen LogP contribution in [-0.4, -0.2) is 22.8 Å². The quantitative estimate of drug-likeness (QED) is 0.548. The van der Waals surface area contributed by atoms with E-state index in [0.29, 0.717) is 12.8 Å². The van der Waals surface area contributed by atoms with E-state index >= 15 is 0 Å². The fourth-order valence-corrected chi connectivity index (χ4v) is 4.70. The Hall–Kier alpha value is -2.14. The molecule has 2 heterocycles. The van der Waals surface area contributed by atoms with E-state index in [2.05, 4.69) is 17.0 Å². The summed E-state index contributed by atoms with van der Waals surface area (Å²) in [5, 5.41) is 0. The van der Waals surface area contributed by atoms with Crippen molar-refractivity contribution in [2.45, 2.75) is 50.7 Å². The number of nitrogens with zero attached hydrogens (tertiary/aromatic N) is 1. The number of fused-ring (bicyclic) bond motifs is 2. The predicted octanol–water partition coefficient (Wildman–Crippen LogP) is 5.12. The highest BCUT2D eigenvalue weighted by atomic mass is 19.2. The van der Waals surface area contributed by atoms with Crippen LogP contribution in [-0.2, 0) is 6.54 Å². The van der Waals surface area contributed by atoms with Gasteiger partial charge in [-0.3, -0.25) is 9.69 Å². The maximum absolute atomic E-state index is 14.1. The predicted molar refractivity (Wildman–Crippen MR) is 96.8 cm³/mol. The minimum absolute atomic E-state index is 0.214. The van der Waals surface area contributed by atoms with Crippen LogP contribution in [0.25, 0.3) is 0 Å². The van der Waals surface area contributed by atoms with Gasteiger partial charge >= 0.3 is 0 Å². The van der Waals surface area contributed by atoms with Gasteiger partial charge < -0.3 is 0 Å². The summed E-state index contributed by atoms with van der Waals surface area (Å²) in [6.07, 6.45) is 4.18. The fourth-order valence-electron chi connectivity index (χ4n) is 4.70. The first kappa shape index (κ1) is 18.2. The monoisotopic (exact) mass is 373 g/mol. The van der Waals surface area contributed by atoms with Crippen LogP contribution in [0.1, 0.15) is 48.0 Å². The van der Waals surface area contributed by atoms with E-state index in [1.165, 1.54) is 5.56 Å². The zero-order valence-corrected chi connectivity index (χ0v) is 15.0. The molecule has 0 aromatic heterocycles. The Morgan fingerprint density at radius 3 is 2.22 bits per heavy atom. The number of halogens is 3. The SMILES string of the molecule is O=C(c1c(F)ccc(F)c1F)C1CC2CCCC(C1)N2Cc1ccccc1. The molecule has 27 heavy (non-hydrogen) atoms. The number of rotatable bonds is 4. The third-order valence-corrected chi connectivity index (χ3v) is 6.00. The maximum atomic E-state index is 14.1. The Kier molecular flexibility index (Phi) is 5.04. The Morgan fingerprint density at radius 2 is 1.56 bits per heavy atom. The summed E-state index contributed by atoms with van der Waals surface area (Å²) in [4.78, 5) is 15.3. The first-order valence-electron chi connectivity index (χ1n) is 9.52. The first-order valence-corrected chi connectivity index (χ1v) is 9.52. The van der Waals surface area contributed by atoms with E-state index in [0.717, 1.165) is 37.9 Å². The second-order valence-corrected chi connectivity index (χ2v) is 7.65. The molecule has 0 spiro atoms. The van der Waals surface area contributed by atoms with E-state index in [1.807, 2.05) is 18.2 Å². The summed E-state index contributed by atoms with van der Waals surface area (Å²) in [5.41, 5.74) is 0.510. The van der Waals surface area contributed by atoms with Crippen LogP contribution in [0, 0.1) is 23.4 Å². The standard InChI is InChI=1S/C22H22F3NO/c23-18-9-10-19(24)21(25)20(18)22(27)15-11-16-7-4-8-17(12-15)26(16)13-14-5-2-1-3-6-14/h1-3,5-6,9-10,15-17H,4,7-8,11-13H2. The average Bonchev–Trinajstić information content (AvgIpc) is 2.65. The molecule has 2 nitrogen and oxygen atoms in total. The van der Waals surface area contributed by atoms with Crippen molar-refractivity contribution in [3.63, 3.8) is 0 Å². The number of ketones is 1. The van der Waals surface area contributed by atoms with Gasteiger partial charge in [-0.1, -0.05) is 36.8 Å². The smallest absolute Gasteiger partial charge is 0.172 e. The van der Waals surface area contributed by atoms with Gasteiger partial charge in [-0.05, 0) is 43.4 Å². The summed E-state index contributed by atoms with van der Waals surface area (Å²) in [6, 6.07) is 12.2. The van der Waals surface area contributed by atoms with Gasteiger partial charge in [0.1, 0.15) is 5.82 Å². The Morgan fingerprint density at radius 1 is 0.926 bits per heavy atom. The van der Waals surface area contributed by atoms with E-state index in [1.54, 1.807) is 0 Å². The lowest BCUT2D eigenvalue weighted by atomic mass is 9.75. The number of piperidine rings is 2. The zero-order chi connectivity index (χ0) is 19.0. The molecule has 2 saturated heterocycles. The van der Waals surface area contributed by atoms with Gasteiger partial charge in [-0.2, -0.15) is 0 Å². The van der Waals surface area contributed by atoms with Crippen molar-refractivity contribution in [2.24, 2.45) is 5.92 Å². The molecule has 2 aromatic carbocycles. The van der Waals surface area contributed by atoms with Gasteiger partial charge in [0.15, 0.2) is 17.4 Å². The van der Waals surface area contributed by atoms with Crippen molar-refractivity contribution < 1.29 is 18.0 Å². The first-order chi connectivity index (χ1) is 13.0. The largest absolute Gasteiger partial charge is 0.294 e.